The number of methoxy groups -OCH3 is 1. The van der Waals surface area contributed by atoms with Gasteiger partial charge in [0.05, 0.1) is 13.2 Å². The van der Waals surface area contributed by atoms with Gasteiger partial charge in [-0.15, -0.1) is 0 Å². The average Bonchev–Trinajstić information content (AvgIpc) is 2.52. The van der Waals surface area contributed by atoms with Crippen LogP contribution in [-0.4, -0.2) is 45.4 Å². The summed E-state index contributed by atoms with van der Waals surface area (Å²) in [5, 5.41) is 6.26. The third-order valence-electron chi connectivity index (χ3n) is 3.62. The van der Waals surface area contributed by atoms with Gasteiger partial charge in [-0.1, -0.05) is 18.2 Å². The lowest BCUT2D eigenvalue weighted by Crippen LogP contribution is -2.41. The van der Waals surface area contributed by atoms with Crippen molar-refractivity contribution in [3.05, 3.63) is 29.8 Å². The van der Waals surface area contributed by atoms with Crippen LogP contribution in [0.25, 0.3) is 0 Å². The molecule has 0 aliphatic carbocycles. The molecule has 0 bridgehead atoms. The largest absolute Gasteiger partial charge is 0.384 e. The summed E-state index contributed by atoms with van der Waals surface area (Å²) in [6, 6.07) is 8.26. The molecule has 0 aromatic heterocycles. The van der Waals surface area contributed by atoms with Crippen molar-refractivity contribution in [1.82, 2.24) is 5.32 Å². The van der Waals surface area contributed by atoms with Gasteiger partial charge in [-0.2, -0.15) is 0 Å². The van der Waals surface area contributed by atoms with Crippen molar-refractivity contribution in [2.45, 2.75) is 25.3 Å². The Morgan fingerprint density at radius 1 is 1.33 bits per heavy atom. The monoisotopic (exact) mass is 292 g/mol. The Labute approximate surface area is 126 Å². The van der Waals surface area contributed by atoms with Crippen LogP contribution < -0.4 is 10.6 Å². The number of hydrogen-bond acceptors (Lipinski definition) is 4. The van der Waals surface area contributed by atoms with Crippen molar-refractivity contribution in [3.8, 4) is 0 Å². The zero-order valence-electron chi connectivity index (χ0n) is 12.6. The van der Waals surface area contributed by atoms with Crippen LogP contribution in [0.5, 0.6) is 0 Å². The highest BCUT2D eigenvalue weighted by molar-refractivity contribution is 5.81. The van der Waals surface area contributed by atoms with Gasteiger partial charge in [0.15, 0.2) is 0 Å². The van der Waals surface area contributed by atoms with E-state index in [1.54, 1.807) is 7.11 Å². The molecule has 1 amide bonds. The van der Waals surface area contributed by atoms with E-state index in [4.69, 9.17) is 9.47 Å². The zero-order valence-corrected chi connectivity index (χ0v) is 12.6. The minimum atomic E-state index is 0.0310. The first kappa shape index (κ1) is 15.8. The van der Waals surface area contributed by atoms with E-state index < -0.39 is 0 Å². The quantitative estimate of drug-likeness (QED) is 0.801. The molecule has 2 rings (SSSR count). The number of carbonyl (C=O) groups is 1. The van der Waals surface area contributed by atoms with Crippen molar-refractivity contribution >= 4 is 11.6 Å². The highest BCUT2D eigenvalue weighted by atomic mass is 16.5. The van der Waals surface area contributed by atoms with Crippen molar-refractivity contribution in [2.75, 3.05) is 38.8 Å². The molecule has 21 heavy (non-hydrogen) atoms. The van der Waals surface area contributed by atoms with E-state index in [2.05, 4.69) is 16.7 Å². The molecule has 0 saturated carbocycles. The third kappa shape index (κ3) is 5.36. The molecule has 1 saturated heterocycles. The zero-order chi connectivity index (χ0) is 14.9. The SMILES string of the molecule is COCCc1ccccc1NCC(=O)NC1CCOCC1. The molecular weight excluding hydrogens is 268 g/mol. The topological polar surface area (TPSA) is 59.6 Å². The molecule has 1 aliphatic heterocycles. The van der Waals surface area contributed by atoms with Crippen molar-refractivity contribution in [2.24, 2.45) is 0 Å². The Balaban J connectivity index is 1.80. The van der Waals surface area contributed by atoms with Crippen molar-refractivity contribution in [3.63, 3.8) is 0 Å². The Bertz CT molecular complexity index is 445. The molecule has 1 heterocycles. The first-order valence-corrected chi connectivity index (χ1v) is 7.47. The normalized spacial score (nSPS) is 15.7. The van der Waals surface area contributed by atoms with E-state index in [-0.39, 0.29) is 11.9 Å². The first-order chi connectivity index (χ1) is 10.3. The number of nitrogens with one attached hydrogen (secondary N) is 2. The summed E-state index contributed by atoms with van der Waals surface area (Å²) < 4.78 is 10.4. The number of amides is 1. The van der Waals surface area contributed by atoms with Gasteiger partial charge in [0.25, 0.3) is 0 Å². The molecule has 5 nitrogen and oxygen atoms in total. The lowest BCUT2D eigenvalue weighted by atomic mass is 10.1. The van der Waals surface area contributed by atoms with E-state index in [0.29, 0.717) is 13.2 Å². The van der Waals surface area contributed by atoms with Crippen molar-refractivity contribution in [1.29, 1.82) is 0 Å². The van der Waals surface area contributed by atoms with Crippen LogP contribution in [0.15, 0.2) is 24.3 Å². The van der Waals surface area contributed by atoms with Gasteiger partial charge < -0.3 is 20.1 Å². The minimum Gasteiger partial charge on any atom is -0.384 e. The Hall–Kier alpha value is -1.59. The van der Waals surface area contributed by atoms with Gasteiger partial charge in [0.2, 0.25) is 5.91 Å². The van der Waals surface area contributed by atoms with Crippen LogP contribution in [-0.2, 0) is 20.7 Å². The minimum absolute atomic E-state index is 0.0310. The van der Waals surface area contributed by atoms with E-state index in [9.17, 15) is 4.79 Å². The van der Waals surface area contributed by atoms with Crippen LogP contribution in [0.4, 0.5) is 5.69 Å². The fourth-order valence-corrected chi connectivity index (χ4v) is 2.42. The van der Waals surface area contributed by atoms with Crippen molar-refractivity contribution < 1.29 is 14.3 Å². The predicted octanol–water partition coefficient (Wildman–Crippen LogP) is 1.58. The molecular formula is C16H24N2O3. The van der Waals surface area contributed by atoms with Crippen LogP contribution in [0.1, 0.15) is 18.4 Å². The number of hydrogen-bond donors (Lipinski definition) is 2. The summed E-state index contributed by atoms with van der Waals surface area (Å²) in [5.41, 5.74) is 2.16. The van der Waals surface area contributed by atoms with Gasteiger partial charge in [-0.3, -0.25) is 4.79 Å². The molecule has 2 N–H and O–H groups in total. The molecule has 0 radical (unpaired) electrons. The number of para-hydroxylation sites is 1. The van der Waals surface area contributed by atoms with Crippen LogP contribution in [0.2, 0.25) is 0 Å². The van der Waals surface area contributed by atoms with Gasteiger partial charge >= 0.3 is 0 Å². The maximum absolute atomic E-state index is 12.0. The molecule has 0 unspecified atom stereocenters. The number of ether oxygens (including phenoxy) is 2. The second kappa shape index (κ2) is 8.64. The van der Waals surface area contributed by atoms with E-state index in [0.717, 1.165) is 38.2 Å². The van der Waals surface area contributed by atoms with Crippen LogP contribution in [0, 0.1) is 0 Å². The van der Waals surface area contributed by atoms with Crippen LogP contribution in [0.3, 0.4) is 0 Å². The summed E-state index contributed by atoms with van der Waals surface area (Å²) in [6.07, 6.45) is 2.63. The fourth-order valence-electron chi connectivity index (χ4n) is 2.42. The predicted molar refractivity (Wildman–Crippen MR) is 82.5 cm³/mol. The third-order valence-corrected chi connectivity index (χ3v) is 3.62. The second-order valence-corrected chi connectivity index (χ2v) is 5.21. The lowest BCUT2D eigenvalue weighted by molar-refractivity contribution is -0.120. The molecule has 116 valence electrons. The Morgan fingerprint density at radius 3 is 2.86 bits per heavy atom. The summed E-state index contributed by atoms with van der Waals surface area (Å²) in [5.74, 6) is 0.0310. The second-order valence-electron chi connectivity index (χ2n) is 5.21. The van der Waals surface area contributed by atoms with Gasteiger partial charge in [-0.05, 0) is 30.9 Å². The smallest absolute Gasteiger partial charge is 0.239 e. The van der Waals surface area contributed by atoms with E-state index in [1.807, 2.05) is 18.2 Å². The lowest BCUT2D eigenvalue weighted by Gasteiger charge is -2.23. The maximum atomic E-state index is 12.0. The highest BCUT2D eigenvalue weighted by Crippen LogP contribution is 2.15. The number of rotatable bonds is 7. The summed E-state index contributed by atoms with van der Waals surface area (Å²) >= 11 is 0. The summed E-state index contributed by atoms with van der Waals surface area (Å²) in [6.45, 7) is 2.44. The molecule has 5 heteroatoms. The Morgan fingerprint density at radius 2 is 2.10 bits per heavy atom. The summed E-state index contributed by atoms with van der Waals surface area (Å²) in [7, 11) is 1.69. The van der Waals surface area contributed by atoms with E-state index in [1.165, 1.54) is 5.56 Å². The van der Waals surface area contributed by atoms with Gasteiger partial charge in [-0.25, -0.2) is 0 Å². The number of carbonyl (C=O) groups excluding carboxylic acids is 1. The fraction of sp³-hybridized carbons (Fsp3) is 0.562. The molecule has 1 aliphatic rings. The van der Waals surface area contributed by atoms with Crippen LogP contribution >= 0.6 is 0 Å². The first-order valence-electron chi connectivity index (χ1n) is 7.47. The number of anilines is 1. The number of benzene rings is 1. The standard InChI is InChI=1S/C16H24N2O3/c1-20-9-6-13-4-2-3-5-15(13)17-12-16(19)18-14-7-10-21-11-8-14/h2-5,14,17H,6-12H2,1H3,(H,18,19). The molecule has 1 aromatic rings. The summed E-state index contributed by atoms with van der Waals surface area (Å²) in [4.78, 5) is 12.0. The molecule has 0 atom stereocenters. The maximum Gasteiger partial charge on any atom is 0.239 e. The molecule has 1 fully saturated rings. The van der Waals surface area contributed by atoms with Gasteiger partial charge in [0, 0.05) is 32.1 Å². The molecule has 1 aromatic carbocycles. The van der Waals surface area contributed by atoms with E-state index >= 15 is 0 Å². The Kier molecular flexibility index (Phi) is 6.50. The average molecular weight is 292 g/mol. The highest BCUT2D eigenvalue weighted by Gasteiger charge is 2.15. The molecule has 0 spiro atoms. The van der Waals surface area contributed by atoms with Gasteiger partial charge in [0.1, 0.15) is 0 Å².